The fraction of sp³-hybridized carbons (Fsp3) is 0.545. The first-order chi connectivity index (χ1) is 7.45. The number of likely N-dealkylation sites (N-methyl/N-ethyl adjacent to an activating group) is 1. The lowest BCUT2D eigenvalue weighted by Crippen LogP contribution is -2.43. The van der Waals surface area contributed by atoms with Crippen LogP contribution in [0.2, 0.25) is 0 Å². The van der Waals surface area contributed by atoms with Gasteiger partial charge in [-0.1, -0.05) is 0 Å². The Kier molecular flexibility index (Phi) is 3.80. The van der Waals surface area contributed by atoms with Gasteiger partial charge >= 0.3 is 0 Å². The van der Waals surface area contributed by atoms with Crippen LogP contribution in [0.4, 0.5) is 0 Å². The molecule has 1 rings (SSSR count). The van der Waals surface area contributed by atoms with Crippen LogP contribution in [-0.2, 0) is 0 Å². The van der Waals surface area contributed by atoms with E-state index in [1.54, 1.807) is 0 Å². The highest BCUT2D eigenvalue weighted by molar-refractivity contribution is 5.18. The summed E-state index contributed by atoms with van der Waals surface area (Å²) in [4.78, 5) is 9.94. The molecule has 0 aliphatic heterocycles. The van der Waals surface area contributed by atoms with Crippen LogP contribution in [0, 0.1) is 11.3 Å². The van der Waals surface area contributed by atoms with E-state index in [2.05, 4.69) is 28.7 Å². The van der Waals surface area contributed by atoms with Crippen LogP contribution in [0.1, 0.15) is 19.5 Å². The van der Waals surface area contributed by atoms with Gasteiger partial charge < -0.3 is 9.64 Å². The normalized spacial score (nSPS) is 11.2. The van der Waals surface area contributed by atoms with Crippen molar-refractivity contribution in [2.24, 2.45) is 0 Å². The average molecular weight is 220 g/mol. The number of ether oxygens (including phenoxy) is 1. The second kappa shape index (κ2) is 4.90. The third-order valence-electron chi connectivity index (χ3n) is 2.53. The van der Waals surface area contributed by atoms with Crippen molar-refractivity contribution in [2.75, 3.05) is 20.7 Å². The van der Waals surface area contributed by atoms with Gasteiger partial charge in [-0.25, -0.2) is 9.97 Å². The molecule has 86 valence electrons. The van der Waals surface area contributed by atoms with E-state index in [4.69, 9.17) is 10.00 Å². The van der Waals surface area contributed by atoms with Crippen LogP contribution < -0.4 is 4.74 Å². The minimum atomic E-state index is -0.0738. The monoisotopic (exact) mass is 220 g/mol. The maximum Gasteiger partial charge on any atom is 0.232 e. The molecule has 0 aliphatic rings. The van der Waals surface area contributed by atoms with Gasteiger partial charge in [-0.2, -0.15) is 5.26 Å². The molecule has 0 atom stereocenters. The molecule has 1 aromatic heterocycles. The molecule has 5 nitrogen and oxygen atoms in total. The van der Waals surface area contributed by atoms with Crippen molar-refractivity contribution in [3.63, 3.8) is 0 Å². The summed E-state index contributed by atoms with van der Waals surface area (Å²) in [6.45, 7) is 4.66. The van der Waals surface area contributed by atoms with E-state index in [1.165, 1.54) is 12.4 Å². The predicted octanol–water partition coefficient (Wildman–Crippen LogP) is 1.07. The Hall–Kier alpha value is -1.67. The van der Waals surface area contributed by atoms with E-state index >= 15 is 0 Å². The summed E-state index contributed by atoms with van der Waals surface area (Å²) >= 11 is 0. The Morgan fingerprint density at radius 3 is 2.50 bits per heavy atom. The second-order valence-corrected chi connectivity index (χ2v) is 4.35. The summed E-state index contributed by atoms with van der Waals surface area (Å²) in [5, 5.41) is 8.56. The van der Waals surface area contributed by atoms with Crippen molar-refractivity contribution < 1.29 is 4.74 Å². The summed E-state index contributed by atoms with van der Waals surface area (Å²) < 4.78 is 5.51. The Morgan fingerprint density at radius 2 is 2.06 bits per heavy atom. The Morgan fingerprint density at radius 1 is 1.38 bits per heavy atom. The highest BCUT2D eigenvalue weighted by atomic mass is 16.5. The van der Waals surface area contributed by atoms with Crippen LogP contribution in [0.15, 0.2) is 12.4 Å². The number of hydrogen-bond donors (Lipinski definition) is 0. The zero-order valence-corrected chi connectivity index (χ0v) is 10.1. The molecule has 5 heteroatoms. The molecule has 0 aliphatic carbocycles. The third kappa shape index (κ3) is 3.17. The lowest BCUT2D eigenvalue weighted by atomic mass is 10.1. The van der Waals surface area contributed by atoms with Crippen molar-refractivity contribution in [3.05, 3.63) is 18.1 Å². The zero-order chi connectivity index (χ0) is 12.2. The molecule has 0 aromatic carbocycles. The van der Waals surface area contributed by atoms with Crippen LogP contribution in [-0.4, -0.2) is 41.1 Å². The fourth-order valence-corrected chi connectivity index (χ4v) is 0.828. The van der Waals surface area contributed by atoms with Crippen molar-refractivity contribution >= 4 is 0 Å². The Bertz CT molecular complexity index is 378. The molecule has 0 fully saturated rings. The molecule has 0 bridgehead atoms. The minimum absolute atomic E-state index is 0.0738. The van der Waals surface area contributed by atoms with Crippen molar-refractivity contribution in [1.29, 1.82) is 5.26 Å². The number of rotatable bonds is 4. The highest BCUT2D eigenvalue weighted by Crippen LogP contribution is 2.12. The van der Waals surface area contributed by atoms with Crippen molar-refractivity contribution in [3.8, 4) is 11.9 Å². The van der Waals surface area contributed by atoms with E-state index in [1.807, 2.05) is 20.2 Å². The maximum absolute atomic E-state index is 8.56. The minimum Gasteiger partial charge on any atom is -0.475 e. The molecule has 0 saturated heterocycles. The molecule has 0 saturated carbocycles. The first-order valence-corrected chi connectivity index (χ1v) is 4.98. The average Bonchev–Trinajstić information content (AvgIpc) is 2.27. The van der Waals surface area contributed by atoms with Crippen LogP contribution >= 0.6 is 0 Å². The van der Waals surface area contributed by atoms with E-state index < -0.39 is 0 Å². The summed E-state index contributed by atoms with van der Waals surface area (Å²) in [5.41, 5.74) is 0.217. The molecule has 0 spiro atoms. The predicted molar refractivity (Wildman–Crippen MR) is 60.0 cm³/mol. The summed E-state index contributed by atoms with van der Waals surface area (Å²) in [7, 11) is 3.99. The lowest BCUT2D eigenvalue weighted by Gasteiger charge is -2.31. The van der Waals surface area contributed by atoms with Crippen LogP contribution in [0.5, 0.6) is 5.88 Å². The van der Waals surface area contributed by atoms with E-state index in [0.29, 0.717) is 18.2 Å². The van der Waals surface area contributed by atoms with E-state index in [-0.39, 0.29) is 5.54 Å². The molecule has 16 heavy (non-hydrogen) atoms. The van der Waals surface area contributed by atoms with Gasteiger partial charge in [0.25, 0.3) is 0 Å². The Balaban J connectivity index is 2.59. The molecule has 1 aromatic rings. The second-order valence-electron chi connectivity index (χ2n) is 4.35. The first kappa shape index (κ1) is 12.4. The van der Waals surface area contributed by atoms with E-state index in [0.717, 1.165) is 0 Å². The SMILES string of the molecule is CN(C)C(C)(C)COc1cnc(C#N)cn1. The topological polar surface area (TPSA) is 62.0 Å². The van der Waals surface area contributed by atoms with Gasteiger partial charge in [0.2, 0.25) is 5.88 Å². The molecular formula is C11H16N4O. The molecule has 0 unspecified atom stereocenters. The zero-order valence-electron chi connectivity index (χ0n) is 10.1. The van der Waals surface area contributed by atoms with Gasteiger partial charge in [0.1, 0.15) is 12.7 Å². The number of nitrogens with zero attached hydrogens (tertiary/aromatic N) is 4. The molecule has 0 radical (unpaired) electrons. The quantitative estimate of drug-likeness (QED) is 0.759. The van der Waals surface area contributed by atoms with Crippen LogP contribution in [0.3, 0.4) is 0 Å². The van der Waals surface area contributed by atoms with Gasteiger partial charge in [-0.3, -0.25) is 0 Å². The molecule has 1 heterocycles. The summed E-state index contributed by atoms with van der Waals surface area (Å²) in [6.07, 6.45) is 2.86. The number of aromatic nitrogens is 2. The van der Waals surface area contributed by atoms with Gasteiger partial charge in [-0.15, -0.1) is 0 Å². The fourth-order valence-electron chi connectivity index (χ4n) is 0.828. The van der Waals surface area contributed by atoms with Crippen molar-refractivity contribution in [2.45, 2.75) is 19.4 Å². The van der Waals surface area contributed by atoms with Gasteiger partial charge in [0.15, 0.2) is 5.69 Å². The highest BCUT2D eigenvalue weighted by Gasteiger charge is 2.21. The van der Waals surface area contributed by atoms with Gasteiger partial charge in [0, 0.05) is 5.54 Å². The summed E-state index contributed by atoms with van der Waals surface area (Å²) in [5.74, 6) is 0.439. The number of nitriles is 1. The maximum atomic E-state index is 8.56. The van der Waals surface area contributed by atoms with Crippen LogP contribution in [0.25, 0.3) is 0 Å². The third-order valence-corrected chi connectivity index (χ3v) is 2.53. The van der Waals surface area contributed by atoms with Gasteiger partial charge in [-0.05, 0) is 27.9 Å². The largest absolute Gasteiger partial charge is 0.475 e. The smallest absolute Gasteiger partial charge is 0.232 e. The molecule has 0 amide bonds. The number of hydrogen-bond acceptors (Lipinski definition) is 5. The van der Waals surface area contributed by atoms with Gasteiger partial charge in [0.05, 0.1) is 12.4 Å². The van der Waals surface area contributed by atoms with E-state index in [9.17, 15) is 0 Å². The summed E-state index contributed by atoms with van der Waals surface area (Å²) in [6, 6.07) is 1.91. The Labute approximate surface area is 95.7 Å². The standard InChI is InChI=1S/C11H16N4O/c1-11(2,15(3)4)8-16-10-7-13-9(5-12)6-14-10/h6-7H,8H2,1-4H3. The first-order valence-electron chi connectivity index (χ1n) is 4.98. The molecular weight excluding hydrogens is 204 g/mol. The van der Waals surface area contributed by atoms with Crippen molar-refractivity contribution in [1.82, 2.24) is 14.9 Å². The lowest BCUT2D eigenvalue weighted by molar-refractivity contribution is 0.111. The molecule has 0 N–H and O–H groups in total.